The molecule has 1 aromatic carbocycles. The molecule has 2 heterocycles. The number of tetrazole rings is 1. The molecule has 0 aliphatic carbocycles. The molecule has 1 aromatic heterocycles. The highest BCUT2D eigenvalue weighted by molar-refractivity contribution is 7.99. The molecule has 0 radical (unpaired) electrons. The third kappa shape index (κ3) is 3.85. The normalized spacial score (nSPS) is 15.8. The van der Waals surface area contributed by atoms with Crippen LogP contribution in [-0.4, -0.2) is 70.0 Å². The molecule has 9 heteroatoms. The first-order chi connectivity index (χ1) is 11.1. The number of benzene rings is 1. The number of carbonyl (C=O) groups is 1. The second-order valence-electron chi connectivity index (χ2n) is 5.48. The molecule has 0 spiro atoms. The van der Waals surface area contributed by atoms with Gasteiger partial charge >= 0.3 is 0 Å². The number of likely N-dealkylation sites (N-methyl/N-ethyl adjacent to an activating group) is 1. The lowest BCUT2D eigenvalue weighted by molar-refractivity contribution is -0.883. The lowest BCUT2D eigenvalue weighted by atomic mass is 10.3. The second-order valence-corrected chi connectivity index (χ2v) is 6.42. The van der Waals surface area contributed by atoms with E-state index in [1.54, 1.807) is 12.1 Å². The molecule has 1 N–H and O–H groups in total. The number of amides is 1. The highest BCUT2D eigenvalue weighted by Crippen LogP contribution is 2.18. The molecule has 1 amide bonds. The van der Waals surface area contributed by atoms with Crippen LogP contribution >= 0.6 is 11.8 Å². The summed E-state index contributed by atoms with van der Waals surface area (Å²) in [6, 6.07) is 5.90. The van der Waals surface area contributed by atoms with Gasteiger partial charge < -0.3 is 9.80 Å². The molecule has 122 valence electrons. The molecule has 3 rings (SSSR count). The highest BCUT2D eigenvalue weighted by Gasteiger charge is 2.22. The summed E-state index contributed by atoms with van der Waals surface area (Å²) >= 11 is 1.29. The van der Waals surface area contributed by atoms with Crippen molar-refractivity contribution in [3.8, 4) is 5.69 Å². The average Bonchev–Trinajstić information content (AvgIpc) is 3.02. The molecule has 0 bridgehead atoms. The number of rotatable bonds is 4. The van der Waals surface area contributed by atoms with E-state index in [-0.39, 0.29) is 11.7 Å². The highest BCUT2D eigenvalue weighted by atomic mass is 32.2. The number of halogens is 1. The van der Waals surface area contributed by atoms with E-state index in [0.29, 0.717) is 16.6 Å². The van der Waals surface area contributed by atoms with Crippen molar-refractivity contribution in [2.75, 3.05) is 39.0 Å². The minimum absolute atomic E-state index is 0.0937. The van der Waals surface area contributed by atoms with Crippen LogP contribution < -0.4 is 4.90 Å². The van der Waals surface area contributed by atoms with Crippen LogP contribution in [0, 0.1) is 5.82 Å². The number of hydrogen-bond acceptors (Lipinski definition) is 5. The lowest BCUT2D eigenvalue weighted by Crippen LogP contribution is -3.12. The van der Waals surface area contributed by atoms with E-state index in [9.17, 15) is 9.18 Å². The summed E-state index contributed by atoms with van der Waals surface area (Å²) in [5, 5.41) is 12.0. The molecule has 1 aliphatic heterocycles. The van der Waals surface area contributed by atoms with Crippen molar-refractivity contribution in [3.05, 3.63) is 30.1 Å². The Bertz CT molecular complexity index is 668. The summed E-state index contributed by atoms with van der Waals surface area (Å²) in [6.07, 6.45) is 0. The number of quaternary nitrogens is 1. The Morgan fingerprint density at radius 2 is 2.00 bits per heavy atom. The summed E-state index contributed by atoms with van der Waals surface area (Å²) in [4.78, 5) is 15.6. The number of aromatic nitrogens is 4. The fourth-order valence-electron chi connectivity index (χ4n) is 2.37. The van der Waals surface area contributed by atoms with Crippen LogP contribution in [0.25, 0.3) is 5.69 Å². The Kier molecular flexibility index (Phi) is 4.87. The van der Waals surface area contributed by atoms with E-state index in [4.69, 9.17) is 0 Å². The number of nitrogens with one attached hydrogen (secondary N) is 1. The number of thioether (sulfide) groups is 1. The number of piperazine rings is 1. The predicted octanol–water partition coefficient (Wildman–Crippen LogP) is -0.750. The van der Waals surface area contributed by atoms with Crippen LogP contribution in [0.3, 0.4) is 0 Å². The number of nitrogens with zero attached hydrogens (tertiary/aromatic N) is 5. The van der Waals surface area contributed by atoms with Crippen LogP contribution in [0.4, 0.5) is 4.39 Å². The van der Waals surface area contributed by atoms with Crippen molar-refractivity contribution in [2.24, 2.45) is 0 Å². The van der Waals surface area contributed by atoms with E-state index in [1.165, 1.54) is 33.5 Å². The number of hydrogen-bond donors (Lipinski definition) is 1. The predicted molar refractivity (Wildman–Crippen MR) is 83.0 cm³/mol. The zero-order valence-electron chi connectivity index (χ0n) is 12.8. The quantitative estimate of drug-likeness (QED) is 0.744. The van der Waals surface area contributed by atoms with Crippen molar-refractivity contribution >= 4 is 17.7 Å². The Morgan fingerprint density at radius 3 is 2.70 bits per heavy atom. The first-order valence-corrected chi connectivity index (χ1v) is 8.38. The minimum atomic E-state index is -0.316. The monoisotopic (exact) mass is 337 g/mol. The molecule has 1 aliphatic rings. The molecule has 1 saturated heterocycles. The van der Waals surface area contributed by atoms with Crippen LogP contribution in [0.1, 0.15) is 0 Å². The SMILES string of the molecule is C[NH+]1CCN(C(=O)CSc2nnnn2-c2ccc(F)cc2)CC1. The second kappa shape index (κ2) is 7.05. The van der Waals surface area contributed by atoms with Gasteiger partial charge in [0.2, 0.25) is 11.1 Å². The third-order valence-corrected chi connectivity index (χ3v) is 4.71. The first kappa shape index (κ1) is 15.9. The van der Waals surface area contributed by atoms with Gasteiger partial charge in [0.1, 0.15) is 5.82 Å². The Hall–Kier alpha value is -2.00. The Labute approximate surface area is 137 Å². The fourth-order valence-corrected chi connectivity index (χ4v) is 3.16. The van der Waals surface area contributed by atoms with Crippen molar-refractivity contribution in [3.63, 3.8) is 0 Å². The molecule has 23 heavy (non-hydrogen) atoms. The van der Waals surface area contributed by atoms with Gasteiger partial charge in [0.25, 0.3) is 0 Å². The van der Waals surface area contributed by atoms with E-state index in [0.717, 1.165) is 26.2 Å². The Balaban J connectivity index is 1.62. The van der Waals surface area contributed by atoms with Crippen LogP contribution in [-0.2, 0) is 4.79 Å². The topological polar surface area (TPSA) is 68.3 Å². The fraction of sp³-hybridized carbons (Fsp3) is 0.429. The first-order valence-electron chi connectivity index (χ1n) is 7.39. The largest absolute Gasteiger partial charge is 0.334 e. The molecular formula is C14H18FN6OS+. The van der Waals surface area contributed by atoms with Gasteiger partial charge in [0.05, 0.1) is 44.7 Å². The van der Waals surface area contributed by atoms with Gasteiger partial charge in [-0.3, -0.25) is 4.79 Å². The van der Waals surface area contributed by atoms with Crippen LogP contribution in [0.2, 0.25) is 0 Å². The molecule has 2 aromatic rings. The maximum atomic E-state index is 13.0. The van der Waals surface area contributed by atoms with E-state index >= 15 is 0 Å². The Morgan fingerprint density at radius 1 is 1.30 bits per heavy atom. The van der Waals surface area contributed by atoms with Gasteiger partial charge in [-0.05, 0) is 34.7 Å². The lowest BCUT2D eigenvalue weighted by Gasteiger charge is -2.29. The third-order valence-electron chi connectivity index (χ3n) is 3.81. The van der Waals surface area contributed by atoms with E-state index in [2.05, 4.69) is 22.6 Å². The zero-order valence-corrected chi connectivity index (χ0v) is 13.6. The van der Waals surface area contributed by atoms with Crippen molar-refractivity contribution in [1.82, 2.24) is 25.1 Å². The summed E-state index contributed by atoms with van der Waals surface area (Å²) in [6.45, 7) is 3.52. The standard InChI is InChI=1S/C14H17FN6OS/c1-19-6-8-20(9-7-19)13(22)10-23-14-16-17-18-21(14)12-4-2-11(15)3-5-12/h2-5H,6-10H2,1H3/p+1. The number of carbonyl (C=O) groups excluding carboxylic acids is 1. The molecule has 0 atom stereocenters. The van der Waals surface area contributed by atoms with Crippen molar-refractivity contribution in [1.29, 1.82) is 0 Å². The van der Waals surface area contributed by atoms with Gasteiger partial charge in [0, 0.05) is 0 Å². The van der Waals surface area contributed by atoms with Gasteiger partial charge in [-0.1, -0.05) is 11.8 Å². The average molecular weight is 337 g/mol. The van der Waals surface area contributed by atoms with Gasteiger partial charge in [-0.15, -0.1) is 5.10 Å². The van der Waals surface area contributed by atoms with Crippen LogP contribution in [0.5, 0.6) is 0 Å². The van der Waals surface area contributed by atoms with Crippen molar-refractivity contribution < 1.29 is 14.1 Å². The zero-order chi connectivity index (χ0) is 16.2. The van der Waals surface area contributed by atoms with Crippen LogP contribution in [0.15, 0.2) is 29.4 Å². The molecule has 1 fully saturated rings. The maximum absolute atomic E-state index is 13.0. The van der Waals surface area contributed by atoms with Gasteiger partial charge in [-0.2, -0.15) is 4.68 Å². The van der Waals surface area contributed by atoms with E-state index in [1.807, 2.05) is 4.90 Å². The molecular weight excluding hydrogens is 319 g/mol. The summed E-state index contributed by atoms with van der Waals surface area (Å²) in [5.41, 5.74) is 0.662. The molecule has 0 unspecified atom stereocenters. The summed E-state index contributed by atoms with van der Waals surface area (Å²) < 4.78 is 14.5. The van der Waals surface area contributed by atoms with E-state index < -0.39 is 0 Å². The summed E-state index contributed by atoms with van der Waals surface area (Å²) in [7, 11) is 2.13. The molecule has 7 nitrogen and oxygen atoms in total. The van der Waals surface area contributed by atoms with Gasteiger partial charge in [0.15, 0.2) is 0 Å². The smallest absolute Gasteiger partial charge is 0.233 e. The van der Waals surface area contributed by atoms with Gasteiger partial charge in [-0.25, -0.2) is 4.39 Å². The maximum Gasteiger partial charge on any atom is 0.233 e. The minimum Gasteiger partial charge on any atom is -0.334 e. The van der Waals surface area contributed by atoms with Crippen molar-refractivity contribution in [2.45, 2.75) is 5.16 Å². The molecule has 0 saturated carbocycles. The summed E-state index contributed by atoms with van der Waals surface area (Å²) in [5.74, 6) is 0.0696.